The van der Waals surface area contributed by atoms with Gasteiger partial charge in [-0.1, -0.05) is 13.8 Å². The second-order valence-electron chi connectivity index (χ2n) is 4.83. The minimum atomic E-state index is 0.182. The fourth-order valence-electron chi connectivity index (χ4n) is 2.61. The first-order chi connectivity index (χ1) is 7.61. The summed E-state index contributed by atoms with van der Waals surface area (Å²) in [7, 11) is 0. The van der Waals surface area contributed by atoms with Crippen molar-refractivity contribution in [2.45, 2.75) is 52.4 Å². The lowest BCUT2D eigenvalue weighted by atomic mass is 9.84. The van der Waals surface area contributed by atoms with Crippen LogP contribution in [0.4, 0.5) is 0 Å². The van der Waals surface area contributed by atoms with Crippen LogP contribution in [-0.4, -0.2) is 31.5 Å². The van der Waals surface area contributed by atoms with Gasteiger partial charge in [0.1, 0.15) is 0 Å². The molecule has 5 unspecified atom stereocenters. The van der Waals surface area contributed by atoms with Gasteiger partial charge < -0.3 is 9.47 Å². The van der Waals surface area contributed by atoms with Gasteiger partial charge in [0.25, 0.3) is 0 Å². The molecule has 4 nitrogen and oxygen atoms in total. The highest BCUT2D eigenvalue weighted by molar-refractivity contribution is 4.90. The van der Waals surface area contributed by atoms with Gasteiger partial charge in [-0.3, -0.25) is 11.3 Å². The van der Waals surface area contributed by atoms with E-state index in [1.165, 1.54) is 0 Å². The molecule has 0 aromatic carbocycles. The predicted octanol–water partition coefficient (Wildman–Crippen LogP) is 1.30. The number of rotatable bonds is 6. The maximum atomic E-state index is 5.82. The lowest BCUT2D eigenvalue weighted by Gasteiger charge is -2.28. The van der Waals surface area contributed by atoms with Crippen LogP contribution in [0.1, 0.15) is 34.1 Å². The molecule has 0 radical (unpaired) electrons. The zero-order chi connectivity index (χ0) is 12.1. The van der Waals surface area contributed by atoms with Crippen LogP contribution < -0.4 is 11.3 Å². The van der Waals surface area contributed by atoms with Crippen molar-refractivity contribution in [3.05, 3.63) is 0 Å². The van der Waals surface area contributed by atoms with Gasteiger partial charge >= 0.3 is 0 Å². The third kappa shape index (κ3) is 3.17. The van der Waals surface area contributed by atoms with Crippen molar-refractivity contribution in [2.24, 2.45) is 17.7 Å². The monoisotopic (exact) mass is 230 g/mol. The molecule has 1 fully saturated rings. The average Bonchev–Trinajstić information content (AvgIpc) is 2.50. The molecule has 16 heavy (non-hydrogen) atoms. The second kappa shape index (κ2) is 6.55. The summed E-state index contributed by atoms with van der Waals surface area (Å²) in [6, 6.07) is 0.182. The molecular formula is C12H26N2O2. The van der Waals surface area contributed by atoms with Crippen LogP contribution in [0.2, 0.25) is 0 Å². The Morgan fingerprint density at radius 1 is 1.31 bits per heavy atom. The Morgan fingerprint density at radius 2 is 2.00 bits per heavy atom. The molecule has 0 aliphatic carbocycles. The maximum Gasteiger partial charge on any atom is 0.0636 e. The molecule has 1 rings (SSSR count). The number of nitrogens with one attached hydrogen (secondary N) is 1. The highest BCUT2D eigenvalue weighted by atomic mass is 16.5. The number of hydrazine groups is 1. The molecule has 0 spiro atoms. The summed E-state index contributed by atoms with van der Waals surface area (Å²) in [5.41, 5.74) is 2.88. The zero-order valence-electron chi connectivity index (χ0n) is 10.9. The van der Waals surface area contributed by atoms with Crippen LogP contribution >= 0.6 is 0 Å². The minimum Gasteiger partial charge on any atom is -0.380 e. The first-order valence-corrected chi connectivity index (χ1v) is 6.31. The molecule has 96 valence electrons. The van der Waals surface area contributed by atoms with E-state index >= 15 is 0 Å². The summed E-state index contributed by atoms with van der Waals surface area (Å²) in [5.74, 6) is 6.56. The molecule has 5 atom stereocenters. The van der Waals surface area contributed by atoms with Gasteiger partial charge in [-0.15, -0.1) is 0 Å². The molecule has 0 bridgehead atoms. The standard InChI is InChI=1S/C12H26N2O2/c1-5-6-15-7-11(14-13)12-8(2)9(3)16-10(12)4/h8-12,14H,5-7,13H2,1-4H3. The number of hydrogen-bond acceptors (Lipinski definition) is 4. The van der Waals surface area contributed by atoms with Crippen molar-refractivity contribution in [1.29, 1.82) is 0 Å². The fourth-order valence-corrected chi connectivity index (χ4v) is 2.61. The van der Waals surface area contributed by atoms with Crippen molar-refractivity contribution in [1.82, 2.24) is 5.43 Å². The second-order valence-corrected chi connectivity index (χ2v) is 4.83. The van der Waals surface area contributed by atoms with Crippen LogP contribution in [0.25, 0.3) is 0 Å². The van der Waals surface area contributed by atoms with Crippen molar-refractivity contribution >= 4 is 0 Å². The quantitative estimate of drug-likeness (QED) is 0.410. The summed E-state index contributed by atoms with van der Waals surface area (Å²) >= 11 is 0. The Morgan fingerprint density at radius 3 is 2.44 bits per heavy atom. The first-order valence-electron chi connectivity index (χ1n) is 6.31. The molecule has 1 heterocycles. The van der Waals surface area contributed by atoms with Gasteiger partial charge in [-0.25, -0.2) is 0 Å². The van der Waals surface area contributed by atoms with Gasteiger partial charge in [0.05, 0.1) is 24.9 Å². The van der Waals surface area contributed by atoms with Gasteiger partial charge in [0.15, 0.2) is 0 Å². The molecule has 0 amide bonds. The first kappa shape index (κ1) is 13.9. The minimum absolute atomic E-state index is 0.182. The largest absolute Gasteiger partial charge is 0.380 e. The van der Waals surface area contributed by atoms with E-state index in [0.717, 1.165) is 13.0 Å². The van der Waals surface area contributed by atoms with Crippen LogP contribution in [0.15, 0.2) is 0 Å². The normalized spacial score (nSPS) is 36.6. The summed E-state index contributed by atoms with van der Waals surface area (Å²) in [6.07, 6.45) is 1.60. The van der Waals surface area contributed by atoms with Crippen LogP contribution in [-0.2, 0) is 9.47 Å². The van der Waals surface area contributed by atoms with Gasteiger partial charge in [-0.2, -0.15) is 0 Å². The van der Waals surface area contributed by atoms with Gasteiger partial charge in [0, 0.05) is 12.5 Å². The Labute approximate surface area is 98.8 Å². The SMILES string of the molecule is CCCOCC(NN)C1C(C)OC(C)C1C. The summed E-state index contributed by atoms with van der Waals surface area (Å²) < 4.78 is 11.4. The van der Waals surface area contributed by atoms with Crippen LogP contribution in [0, 0.1) is 11.8 Å². The van der Waals surface area contributed by atoms with E-state index in [1.807, 2.05) is 0 Å². The summed E-state index contributed by atoms with van der Waals surface area (Å²) in [4.78, 5) is 0. The van der Waals surface area contributed by atoms with E-state index < -0.39 is 0 Å². The Bertz CT molecular complexity index is 201. The lowest BCUT2D eigenvalue weighted by molar-refractivity contribution is 0.0364. The van der Waals surface area contributed by atoms with E-state index in [-0.39, 0.29) is 12.1 Å². The van der Waals surface area contributed by atoms with E-state index in [9.17, 15) is 0 Å². The highest BCUT2D eigenvalue weighted by Gasteiger charge is 2.41. The molecular weight excluding hydrogens is 204 g/mol. The van der Waals surface area contributed by atoms with Crippen LogP contribution in [0.3, 0.4) is 0 Å². The summed E-state index contributed by atoms with van der Waals surface area (Å²) in [5, 5.41) is 0. The third-order valence-corrected chi connectivity index (χ3v) is 3.64. The molecule has 1 saturated heterocycles. The topological polar surface area (TPSA) is 56.5 Å². The van der Waals surface area contributed by atoms with Gasteiger partial charge in [-0.05, 0) is 26.2 Å². The average molecular weight is 230 g/mol. The Kier molecular flexibility index (Phi) is 5.69. The van der Waals surface area contributed by atoms with Crippen LogP contribution in [0.5, 0.6) is 0 Å². The van der Waals surface area contributed by atoms with Gasteiger partial charge in [0.2, 0.25) is 0 Å². The molecule has 0 aromatic heterocycles. The number of hydrogen-bond donors (Lipinski definition) is 2. The van der Waals surface area contributed by atoms with E-state index in [0.29, 0.717) is 24.5 Å². The smallest absolute Gasteiger partial charge is 0.0636 e. The highest BCUT2D eigenvalue weighted by Crippen LogP contribution is 2.34. The lowest BCUT2D eigenvalue weighted by Crippen LogP contribution is -2.48. The maximum absolute atomic E-state index is 5.82. The van der Waals surface area contributed by atoms with Crippen molar-refractivity contribution in [2.75, 3.05) is 13.2 Å². The van der Waals surface area contributed by atoms with Crippen molar-refractivity contribution in [3.8, 4) is 0 Å². The van der Waals surface area contributed by atoms with Crippen molar-refractivity contribution < 1.29 is 9.47 Å². The molecule has 1 aliphatic heterocycles. The molecule has 4 heteroatoms. The Hall–Kier alpha value is -0.160. The molecule has 3 N–H and O–H groups in total. The zero-order valence-corrected chi connectivity index (χ0v) is 10.9. The molecule has 1 aliphatic rings. The van der Waals surface area contributed by atoms with E-state index in [2.05, 4.69) is 33.1 Å². The molecule has 0 saturated carbocycles. The van der Waals surface area contributed by atoms with Crippen molar-refractivity contribution in [3.63, 3.8) is 0 Å². The third-order valence-electron chi connectivity index (χ3n) is 3.64. The Balaban J connectivity index is 2.51. The summed E-state index contributed by atoms with van der Waals surface area (Å²) in [6.45, 7) is 10.0. The molecule has 0 aromatic rings. The predicted molar refractivity (Wildman–Crippen MR) is 64.9 cm³/mol. The van der Waals surface area contributed by atoms with E-state index in [1.54, 1.807) is 0 Å². The number of ether oxygens (including phenoxy) is 2. The van der Waals surface area contributed by atoms with E-state index in [4.69, 9.17) is 15.3 Å². The fraction of sp³-hybridized carbons (Fsp3) is 1.00. The number of nitrogens with two attached hydrogens (primary N) is 1.